The van der Waals surface area contributed by atoms with Gasteiger partial charge in [-0.2, -0.15) is 0 Å². The first kappa shape index (κ1) is 14.0. The van der Waals surface area contributed by atoms with E-state index in [2.05, 4.69) is 4.98 Å². The van der Waals surface area contributed by atoms with Crippen LogP contribution in [0.25, 0.3) is 0 Å². The third-order valence-corrected chi connectivity index (χ3v) is 4.37. The highest BCUT2D eigenvalue weighted by Crippen LogP contribution is 2.21. The number of thiazole rings is 1. The monoisotopic (exact) mass is 282 g/mol. The Kier molecular flexibility index (Phi) is 4.52. The smallest absolute Gasteiger partial charge is 0.347 e. The lowest BCUT2D eigenvalue weighted by Crippen LogP contribution is -2.36. The summed E-state index contributed by atoms with van der Waals surface area (Å²) in [5.74, 6) is -0.890. The number of carboxylic acid groups (broad SMARTS) is 1. The molecule has 1 aromatic heterocycles. The molecule has 1 fully saturated rings. The van der Waals surface area contributed by atoms with E-state index in [9.17, 15) is 9.59 Å². The number of likely N-dealkylation sites (tertiary alicyclic amines) is 1. The van der Waals surface area contributed by atoms with E-state index < -0.39 is 5.97 Å². The van der Waals surface area contributed by atoms with Crippen molar-refractivity contribution in [3.8, 4) is 0 Å². The van der Waals surface area contributed by atoms with Crippen molar-refractivity contribution in [3.05, 3.63) is 15.6 Å². The molecule has 0 aromatic carbocycles. The zero-order valence-corrected chi connectivity index (χ0v) is 11.8. The number of rotatable bonds is 4. The van der Waals surface area contributed by atoms with Gasteiger partial charge in [0, 0.05) is 13.1 Å². The predicted octanol–water partition coefficient (Wildman–Crippen LogP) is 1.96. The number of aromatic nitrogens is 1. The van der Waals surface area contributed by atoms with E-state index in [0.717, 1.165) is 37.3 Å². The number of aryl methyl sites for hydroxylation is 1. The summed E-state index contributed by atoms with van der Waals surface area (Å²) in [7, 11) is 0. The molecule has 0 unspecified atom stereocenters. The minimum atomic E-state index is -0.953. The van der Waals surface area contributed by atoms with E-state index in [1.807, 2.05) is 11.8 Å². The molecule has 1 N–H and O–H groups in total. The molecule has 2 rings (SSSR count). The maximum Gasteiger partial charge on any atom is 0.347 e. The van der Waals surface area contributed by atoms with Gasteiger partial charge in [-0.05, 0) is 25.7 Å². The Hall–Kier alpha value is -1.43. The number of amides is 1. The second-order valence-electron chi connectivity index (χ2n) is 4.66. The standard InChI is InChI=1S/C13H18N2O3S/c1-2-9-12(13(17)18)19-10(14-9)8-11(16)15-6-4-3-5-7-15/h2-8H2,1H3,(H,17,18). The highest BCUT2D eigenvalue weighted by atomic mass is 32.1. The quantitative estimate of drug-likeness (QED) is 0.916. The van der Waals surface area contributed by atoms with Crippen molar-refractivity contribution in [1.29, 1.82) is 0 Å². The van der Waals surface area contributed by atoms with Gasteiger partial charge in [0.05, 0.1) is 12.1 Å². The summed E-state index contributed by atoms with van der Waals surface area (Å²) in [6, 6.07) is 0. The lowest BCUT2D eigenvalue weighted by atomic mass is 10.1. The molecule has 0 atom stereocenters. The molecule has 1 aliphatic rings. The van der Waals surface area contributed by atoms with Crippen molar-refractivity contribution in [3.63, 3.8) is 0 Å². The normalized spacial score (nSPS) is 15.5. The molecular formula is C13H18N2O3S. The van der Waals surface area contributed by atoms with Gasteiger partial charge in [0.15, 0.2) is 0 Å². The van der Waals surface area contributed by atoms with E-state index in [0.29, 0.717) is 17.1 Å². The number of carboxylic acids is 1. The van der Waals surface area contributed by atoms with Crippen molar-refractivity contribution in [1.82, 2.24) is 9.88 Å². The molecular weight excluding hydrogens is 264 g/mol. The van der Waals surface area contributed by atoms with Crippen LogP contribution >= 0.6 is 11.3 Å². The van der Waals surface area contributed by atoms with Crippen molar-refractivity contribution in [2.45, 2.75) is 39.0 Å². The number of carbonyl (C=O) groups is 2. The molecule has 2 heterocycles. The van der Waals surface area contributed by atoms with Gasteiger partial charge in [-0.3, -0.25) is 4.79 Å². The Bertz CT molecular complexity index is 478. The molecule has 1 amide bonds. The third kappa shape index (κ3) is 3.32. The molecule has 1 saturated heterocycles. The number of piperidine rings is 1. The Balaban J connectivity index is 2.06. The first-order valence-electron chi connectivity index (χ1n) is 6.61. The first-order valence-corrected chi connectivity index (χ1v) is 7.43. The van der Waals surface area contributed by atoms with Gasteiger partial charge in [0.1, 0.15) is 9.88 Å². The molecule has 5 nitrogen and oxygen atoms in total. The Morgan fingerprint density at radius 1 is 1.32 bits per heavy atom. The van der Waals surface area contributed by atoms with Crippen LogP contribution in [0.1, 0.15) is 46.6 Å². The van der Waals surface area contributed by atoms with Crippen LogP contribution in [-0.2, 0) is 17.6 Å². The van der Waals surface area contributed by atoms with Crippen LogP contribution in [0.15, 0.2) is 0 Å². The molecule has 6 heteroatoms. The average molecular weight is 282 g/mol. The van der Waals surface area contributed by atoms with Crippen LogP contribution in [0, 0.1) is 0 Å². The maximum atomic E-state index is 12.1. The summed E-state index contributed by atoms with van der Waals surface area (Å²) < 4.78 is 0. The highest BCUT2D eigenvalue weighted by molar-refractivity contribution is 7.13. The number of aromatic carboxylic acids is 1. The second-order valence-corrected chi connectivity index (χ2v) is 5.74. The highest BCUT2D eigenvalue weighted by Gasteiger charge is 2.21. The number of nitrogens with zero attached hydrogens (tertiary/aromatic N) is 2. The van der Waals surface area contributed by atoms with Crippen molar-refractivity contribution >= 4 is 23.2 Å². The molecule has 0 bridgehead atoms. The molecule has 19 heavy (non-hydrogen) atoms. The third-order valence-electron chi connectivity index (χ3n) is 3.28. The lowest BCUT2D eigenvalue weighted by molar-refractivity contribution is -0.131. The predicted molar refractivity (Wildman–Crippen MR) is 72.6 cm³/mol. The second kappa shape index (κ2) is 6.14. The minimum absolute atomic E-state index is 0.0630. The molecule has 1 aromatic rings. The van der Waals surface area contributed by atoms with E-state index in [1.54, 1.807) is 0 Å². The fraction of sp³-hybridized carbons (Fsp3) is 0.615. The molecule has 104 valence electrons. The topological polar surface area (TPSA) is 70.5 Å². The molecule has 0 aliphatic carbocycles. The van der Waals surface area contributed by atoms with E-state index in [-0.39, 0.29) is 17.2 Å². The average Bonchev–Trinajstić information content (AvgIpc) is 2.83. The maximum absolute atomic E-state index is 12.1. The van der Waals surface area contributed by atoms with E-state index >= 15 is 0 Å². The van der Waals surface area contributed by atoms with Crippen molar-refractivity contribution < 1.29 is 14.7 Å². The number of carbonyl (C=O) groups excluding carboxylic acids is 1. The summed E-state index contributed by atoms with van der Waals surface area (Å²) in [5.41, 5.74) is 0.582. The van der Waals surface area contributed by atoms with Crippen LogP contribution in [0.3, 0.4) is 0 Å². The zero-order chi connectivity index (χ0) is 13.8. The fourth-order valence-corrected chi connectivity index (χ4v) is 3.25. The Labute approximate surface area is 116 Å². The van der Waals surface area contributed by atoms with Crippen LogP contribution < -0.4 is 0 Å². The molecule has 1 aliphatic heterocycles. The summed E-state index contributed by atoms with van der Waals surface area (Å²) in [5, 5.41) is 9.68. The van der Waals surface area contributed by atoms with Crippen LogP contribution in [0.5, 0.6) is 0 Å². The molecule has 0 saturated carbocycles. The first-order chi connectivity index (χ1) is 9.11. The van der Waals surface area contributed by atoms with E-state index in [1.165, 1.54) is 6.42 Å². The Morgan fingerprint density at radius 2 is 2.00 bits per heavy atom. The van der Waals surface area contributed by atoms with Gasteiger partial charge in [0.25, 0.3) is 0 Å². The largest absolute Gasteiger partial charge is 0.477 e. The fourth-order valence-electron chi connectivity index (χ4n) is 2.27. The summed E-state index contributed by atoms with van der Waals surface area (Å²) in [6.45, 7) is 3.50. The van der Waals surface area contributed by atoms with E-state index in [4.69, 9.17) is 5.11 Å². The van der Waals surface area contributed by atoms with Gasteiger partial charge >= 0.3 is 5.97 Å². The minimum Gasteiger partial charge on any atom is -0.477 e. The SMILES string of the molecule is CCc1nc(CC(=O)N2CCCCC2)sc1C(=O)O. The van der Waals surface area contributed by atoms with Crippen molar-refractivity contribution in [2.24, 2.45) is 0 Å². The van der Waals surface area contributed by atoms with Gasteiger partial charge in [-0.1, -0.05) is 6.92 Å². The lowest BCUT2D eigenvalue weighted by Gasteiger charge is -2.26. The van der Waals surface area contributed by atoms with Crippen LogP contribution in [0.2, 0.25) is 0 Å². The summed E-state index contributed by atoms with van der Waals surface area (Å²) in [4.78, 5) is 29.5. The summed E-state index contributed by atoms with van der Waals surface area (Å²) in [6.07, 6.45) is 4.11. The Morgan fingerprint density at radius 3 is 2.53 bits per heavy atom. The van der Waals surface area contributed by atoms with Crippen LogP contribution in [0.4, 0.5) is 0 Å². The van der Waals surface area contributed by atoms with Gasteiger partial charge in [-0.25, -0.2) is 9.78 Å². The van der Waals surface area contributed by atoms with Crippen molar-refractivity contribution in [2.75, 3.05) is 13.1 Å². The van der Waals surface area contributed by atoms with Gasteiger partial charge < -0.3 is 10.0 Å². The van der Waals surface area contributed by atoms with Gasteiger partial charge in [0.2, 0.25) is 5.91 Å². The number of hydrogen-bond donors (Lipinski definition) is 1. The number of hydrogen-bond acceptors (Lipinski definition) is 4. The molecule has 0 radical (unpaired) electrons. The zero-order valence-electron chi connectivity index (χ0n) is 11.0. The van der Waals surface area contributed by atoms with Crippen LogP contribution in [-0.4, -0.2) is 40.0 Å². The van der Waals surface area contributed by atoms with Gasteiger partial charge in [-0.15, -0.1) is 11.3 Å². The summed E-state index contributed by atoms with van der Waals surface area (Å²) >= 11 is 1.13. The molecule has 0 spiro atoms.